The molecule has 0 radical (unpaired) electrons. The van der Waals surface area contributed by atoms with Crippen LogP contribution in [0.25, 0.3) is 11.4 Å². The van der Waals surface area contributed by atoms with Gasteiger partial charge in [-0.3, -0.25) is 9.89 Å². The highest BCUT2D eigenvalue weighted by atomic mass is 16.5. The Morgan fingerprint density at radius 3 is 2.86 bits per heavy atom. The number of hydrogen-bond acceptors (Lipinski definition) is 5. The average molecular weight is 297 g/mol. The van der Waals surface area contributed by atoms with E-state index in [1.165, 1.54) is 0 Å². The number of nitrogens with zero attached hydrogens (tertiary/aromatic N) is 3. The second-order valence-electron chi connectivity index (χ2n) is 4.80. The van der Waals surface area contributed by atoms with E-state index in [-0.39, 0.29) is 11.6 Å². The van der Waals surface area contributed by atoms with E-state index in [0.29, 0.717) is 24.6 Å². The molecule has 0 saturated carbocycles. The van der Waals surface area contributed by atoms with Gasteiger partial charge in [0.2, 0.25) is 0 Å². The highest BCUT2D eigenvalue weighted by Crippen LogP contribution is 2.13. The van der Waals surface area contributed by atoms with Crippen LogP contribution >= 0.6 is 0 Å². The molecular weight excluding hydrogens is 282 g/mol. The van der Waals surface area contributed by atoms with Crippen LogP contribution in [0.1, 0.15) is 22.1 Å². The van der Waals surface area contributed by atoms with Gasteiger partial charge in [0.15, 0.2) is 11.5 Å². The van der Waals surface area contributed by atoms with E-state index in [4.69, 9.17) is 4.52 Å². The molecule has 0 aliphatic rings. The van der Waals surface area contributed by atoms with Crippen LogP contribution in [0.5, 0.6) is 0 Å². The molecule has 3 aromatic rings. The number of rotatable bonds is 5. The van der Waals surface area contributed by atoms with Gasteiger partial charge in [0.05, 0.1) is 0 Å². The van der Waals surface area contributed by atoms with Crippen molar-refractivity contribution in [3.63, 3.8) is 0 Å². The maximum absolute atomic E-state index is 11.8. The lowest BCUT2D eigenvalue weighted by Crippen LogP contribution is -2.26. The Hall–Kier alpha value is -2.96. The van der Waals surface area contributed by atoms with Gasteiger partial charge in [-0.25, -0.2) is 4.98 Å². The highest BCUT2D eigenvalue weighted by molar-refractivity contribution is 5.92. The lowest BCUT2D eigenvalue weighted by atomic mass is 10.2. The zero-order chi connectivity index (χ0) is 15.4. The van der Waals surface area contributed by atoms with E-state index in [2.05, 4.69) is 25.7 Å². The molecule has 1 amide bonds. The third kappa shape index (κ3) is 3.20. The topological polar surface area (TPSA) is 96.7 Å². The zero-order valence-electron chi connectivity index (χ0n) is 12.0. The molecule has 7 nitrogen and oxygen atoms in total. The fourth-order valence-corrected chi connectivity index (χ4v) is 1.98. The third-order valence-corrected chi connectivity index (χ3v) is 3.07. The Labute approximate surface area is 126 Å². The summed E-state index contributed by atoms with van der Waals surface area (Å²) in [6, 6.07) is 11.3. The van der Waals surface area contributed by atoms with Crippen LogP contribution in [0.4, 0.5) is 0 Å². The molecule has 1 aromatic carbocycles. The molecule has 0 saturated heterocycles. The fourth-order valence-electron chi connectivity index (χ4n) is 1.98. The fraction of sp³-hybridized carbons (Fsp3) is 0.200. The first-order valence-corrected chi connectivity index (χ1v) is 6.90. The summed E-state index contributed by atoms with van der Waals surface area (Å²) in [6.07, 6.45) is 0.558. The number of H-pyrrole nitrogens is 1. The molecule has 7 heteroatoms. The first-order valence-electron chi connectivity index (χ1n) is 6.90. The van der Waals surface area contributed by atoms with Crippen LogP contribution < -0.4 is 5.32 Å². The van der Waals surface area contributed by atoms with E-state index in [1.807, 2.05) is 30.3 Å². The number of hydrogen-bond donors (Lipinski definition) is 2. The summed E-state index contributed by atoms with van der Waals surface area (Å²) in [4.78, 5) is 16.2. The molecule has 0 bridgehead atoms. The van der Waals surface area contributed by atoms with Crippen molar-refractivity contribution in [2.75, 3.05) is 6.54 Å². The van der Waals surface area contributed by atoms with Gasteiger partial charge in [0.25, 0.3) is 5.91 Å². The van der Waals surface area contributed by atoms with Crippen LogP contribution in [-0.2, 0) is 6.42 Å². The van der Waals surface area contributed by atoms with E-state index in [1.54, 1.807) is 13.0 Å². The zero-order valence-corrected chi connectivity index (χ0v) is 12.0. The molecule has 112 valence electrons. The van der Waals surface area contributed by atoms with Crippen LogP contribution in [0.2, 0.25) is 0 Å². The van der Waals surface area contributed by atoms with Gasteiger partial charge in [0, 0.05) is 24.6 Å². The van der Waals surface area contributed by atoms with E-state index >= 15 is 0 Å². The Kier molecular flexibility index (Phi) is 3.95. The Balaban J connectivity index is 1.54. The Morgan fingerprint density at radius 1 is 1.32 bits per heavy atom. The quantitative estimate of drug-likeness (QED) is 0.747. The van der Waals surface area contributed by atoms with Crippen LogP contribution in [0.15, 0.2) is 40.9 Å². The lowest BCUT2D eigenvalue weighted by molar-refractivity contribution is 0.0945. The number of amides is 1. The van der Waals surface area contributed by atoms with Crippen LogP contribution in [-0.4, -0.2) is 32.8 Å². The molecule has 0 atom stereocenters. The summed E-state index contributed by atoms with van der Waals surface area (Å²) in [5, 5.41) is 13.5. The second-order valence-corrected chi connectivity index (χ2v) is 4.80. The standard InChI is InChI=1S/C15H15N5O2/c1-10-9-12(20-22-10)15(21)16-8-7-13-17-14(19-18-13)11-5-3-2-4-6-11/h2-6,9H,7-8H2,1H3,(H,16,21)(H,17,18,19). The third-order valence-electron chi connectivity index (χ3n) is 3.07. The van der Waals surface area contributed by atoms with Crippen molar-refractivity contribution >= 4 is 5.91 Å². The number of benzene rings is 1. The SMILES string of the molecule is Cc1cc(C(=O)NCCc2nc(-c3ccccc3)n[nH]2)no1. The number of carbonyl (C=O) groups excluding carboxylic acids is 1. The number of carbonyl (C=O) groups is 1. The molecule has 0 aliphatic carbocycles. The molecule has 22 heavy (non-hydrogen) atoms. The van der Waals surface area contributed by atoms with E-state index < -0.39 is 0 Å². The van der Waals surface area contributed by atoms with Gasteiger partial charge in [-0.05, 0) is 6.92 Å². The molecule has 0 aliphatic heterocycles. The van der Waals surface area contributed by atoms with Crippen molar-refractivity contribution in [3.8, 4) is 11.4 Å². The van der Waals surface area contributed by atoms with Crippen LogP contribution in [0.3, 0.4) is 0 Å². The van der Waals surface area contributed by atoms with Gasteiger partial charge < -0.3 is 9.84 Å². The molecule has 0 unspecified atom stereocenters. The molecule has 2 N–H and O–H groups in total. The highest BCUT2D eigenvalue weighted by Gasteiger charge is 2.11. The largest absolute Gasteiger partial charge is 0.361 e. The minimum atomic E-state index is -0.264. The van der Waals surface area contributed by atoms with Gasteiger partial charge in [-0.1, -0.05) is 35.5 Å². The van der Waals surface area contributed by atoms with Gasteiger partial charge in [-0.2, -0.15) is 5.10 Å². The first-order chi connectivity index (χ1) is 10.7. The number of aromatic nitrogens is 4. The molecule has 2 heterocycles. The predicted octanol–water partition coefficient (Wildman–Crippen LogP) is 1.74. The number of aromatic amines is 1. The smallest absolute Gasteiger partial charge is 0.273 e. The summed E-state index contributed by atoms with van der Waals surface area (Å²) in [7, 11) is 0. The lowest BCUT2D eigenvalue weighted by Gasteiger charge is -1.99. The van der Waals surface area contributed by atoms with Crippen molar-refractivity contribution in [2.24, 2.45) is 0 Å². The Morgan fingerprint density at radius 2 is 2.14 bits per heavy atom. The molecule has 2 aromatic heterocycles. The van der Waals surface area contributed by atoms with Crippen molar-refractivity contribution in [3.05, 3.63) is 53.7 Å². The van der Waals surface area contributed by atoms with Crippen molar-refractivity contribution in [1.82, 2.24) is 25.7 Å². The monoisotopic (exact) mass is 297 g/mol. The van der Waals surface area contributed by atoms with Crippen LogP contribution in [0, 0.1) is 6.92 Å². The average Bonchev–Trinajstić information content (AvgIpc) is 3.17. The molecular formula is C15H15N5O2. The molecule has 0 spiro atoms. The summed E-state index contributed by atoms with van der Waals surface area (Å²) in [5.41, 5.74) is 1.23. The van der Waals surface area contributed by atoms with Crippen molar-refractivity contribution in [2.45, 2.75) is 13.3 Å². The Bertz CT molecular complexity index is 763. The second kappa shape index (κ2) is 6.21. The van der Waals surface area contributed by atoms with Crippen molar-refractivity contribution in [1.29, 1.82) is 0 Å². The maximum atomic E-state index is 11.8. The summed E-state index contributed by atoms with van der Waals surface area (Å²) < 4.78 is 4.86. The summed E-state index contributed by atoms with van der Waals surface area (Å²) >= 11 is 0. The normalized spacial score (nSPS) is 10.6. The van der Waals surface area contributed by atoms with E-state index in [9.17, 15) is 4.79 Å². The minimum Gasteiger partial charge on any atom is -0.361 e. The van der Waals surface area contributed by atoms with Gasteiger partial charge in [-0.15, -0.1) is 0 Å². The van der Waals surface area contributed by atoms with Gasteiger partial charge in [0.1, 0.15) is 11.6 Å². The summed E-state index contributed by atoms with van der Waals surface area (Å²) in [5.74, 6) is 1.71. The van der Waals surface area contributed by atoms with Crippen molar-refractivity contribution < 1.29 is 9.32 Å². The minimum absolute atomic E-state index is 0.264. The van der Waals surface area contributed by atoms with E-state index in [0.717, 1.165) is 11.4 Å². The predicted molar refractivity (Wildman–Crippen MR) is 79.1 cm³/mol. The molecule has 3 rings (SSSR count). The number of nitrogens with one attached hydrogen (secondary N) is 2. The molecule has 0 fully saturated rings. The maximum Gasteiger partial charge on any atom is 0.273 e. The summed E-state index contributed by atoms with van der Waals surface area (Å²) in [6.45, 7) is 2.18. The van der Waals surface area contributed by atoms with Gasteiger partial charge >= 0.3 is 0 Å². The number of aryl methyl sites for hydroxylation is 1. The first kappa shape index (κ1) is 14.0.